The molecule has 1 aromatic rings. The van der Waals surface area contributed by atoms with Gasteiger partial charge < -0.3 is 5.11 Å². The second kappa shape index (κ2) is 3.18. The van der Waals surface area contributed by atoms with Crippen LogP contribution in [0.15, 0.2) is 18.2 Å². The Kier molecular flexibility index (Phi) is 2.13. The third-order valence-corrected chi connectivity index (χ3v) is 3.22. The van der Waals surface area contributed by atoms with E-state index in [-0.39, 0.29) is 11.2 Å². The van der Waals surface area contributed by atoms with Gasteiger partial charge in [0, 0.05) is 0 Å². The van der Waals surface area contributed by atoms with Crippen molar-refractivity contribution in [1.29, 1.82) is 5.26 Å². The van der Waals surface area contributed by atoms with Crippen molar-refractivity contribution < 1.29 is 5.11 Å². The van der Waals surface area contributed by atoms with Gasteiger partial charge in [-0.3, -0.25) is 0 Å². The quantitative estimate of drug-likeness (QED) is 0.770. The van der Waals surface area contributed by atoms with Gasteiger partial charge in [0.15, 0.2) is 0 Å². The van der Waals surface area contributed by atoms with Crippen molar-refractivity contribution in [2.45, 2.75) is 24.7 Å². The van der Waals surface area contributed by atoms with E-state index >= 15 is 0 Å². The lowest BCUT2D eigenvalue weighted by atomic mass is 9.65. The Morgan fingerprint density at radius 2 is 2.14 bits per heavy atom. The highest BCUT2D eigenvalue weighted by Crippen LogP contribution is 2.44. The number of hydrogen-bond acceptors (Lipinski definition) is 2. The normalized spacial score (nSPS) is 18.3. The summed E-state index contributed by atoms with van der Waals surface area (Å²) in [7, 11) is 0. The smallest absolute Gasteiger partial charge is 0.134 e. The van der Waals surface area contributed by atoms with Crippen molar-refractivity contribution in [2.24, 2.45) is 0 Å². The Bertz CT molecular complexity index is 404. The Balaban J connectivity index is 2.42. The van der Waals surface area contributed by atoms with Crippen LogP contribution >= 0.6 is 11.6 Å². The molecule has 0 saturated heterocycles. The summed E-state index contributed by atoms with van der Waals surface area (Å²) < 4.78 is 0. The molecule has 14 heavy (non-hydrogen) atoms. The van der Waals surface area contributed by atoms with Gasteiger partial charge in [0.05, 0.1) is 16.5 Å². The minimum Gasteiger partial charge on any atom is -0.506 e. The molecule has 0 amide bonds. The molecule has 2 nitrogen and oxygen atoms in total. The fraction of sp³-hybridized carbons (Fsp3) is 0.364. The Morgan fingerprint density at radius 1 is 1.43 bits per heavy atom. The summed E-state index contributed by atoms with van der Waals surface area (Å²) in [5.41, 5.74) is 0.575. The summed E-state index contributed by atoms with van der Waals surface area (Å²) in [4.78, 5) is 0. The summed E-state index contributed by atoms with van der Waals surface area (Å²) in [5, 5.41) is 18.7. The average Bonchev–Trinajstić information content (AvgIpc) is 2.10. The SMILES string of the molecule is N#CC1(c2ccc(O)c(Cl)c2)CCC1. The van der Waals surface area contributed by atoms with E-state index in [9.17, 15) is 5.11 Å². The number of benzene rings is 1. The molecule has 0 atom stereocenters. The number of nitrogens with zero attached hydrogens (tertiary/aromatic N) is 1. The maximum atomic E-state index is 9.26. The first-order chi connectivity index (χ1) is 6.68. The van der Waals surface area contributed by atoms with Gasteiger partial charge in [-0.1, -0.05) is 17.7 Å². The predicted octanol–water partition coefficient (Wildman–Crippen LogP) is 2.99. The first-order valence-corrected chi connectivity index (χ1v) is 4.96. The van der Waals surface area contributed by atoms with E-state index in [1.807, 2.05) is 0 Å². The first kappa shape index (κ1) is 9.36. The van der Waals surface area contributed by atoms with Crippen molar-refractivity contribution in [2.75, 3.05) is 0 Å². The van der Waals surface area contributed by atoms with Crippen LogP contribution in [0, 0.1) is 11.3 Å². The number of phenolic OH excluding ortho intramolecular Hbond substituents is 1. The maximum absolute atomic E-state index is 9.26. The van der Waals surface area contributed by atoms with E-state index in [0.29, 0.717) is 5.02 Å². The van der Waals surface area contributed by atoms with Gasteiger partial charge in [-0.15, -0.1) is 0 Å². The Labute approximate surface area is 87.7 Å². The summed E-state index contributed by atoms with van der Waals surface area (Å²) in [6.07, 6.45) is 2.88. The van der Waals surface area contributed by atoms with E-state index in [2.05, 4.69) is 6.07 Å². The molecule has 72 valence electrons. The van der Waals surface area contributed by atoms with E-state index in [1.54, 1.807) is 18.2 Å². The highest BCUT2D eigenvalue weighted by molar-refractivity contribution is 6.32. The van der Waals surface area contributed by atoms with Gasteiger partial charge in [-0.2, -0.15) is 5.26 Å². The predicted molar refractivity (Wildman–Crippen MR) is 54.3 cm³/mol. The van der Waals surface area contributed by atoms with Crippen LogP contribution in [0.4, 0.5) is 0 Å². The molecule has 0 aliphatic heterocycles. The summed E-state index contributed by atoms with van der Waals surface area (Å²) in [6, 6.07) is 7.36. The van der Waals surface area contributed by atoms with Gasteiger partial charge in [-0.05, 0) is 37.0 Å². The Morgan fingerprint density at radius 3 is 2.57 bits per heavy atom. The molecule has 1 N–H and O–H groups in total. The zero-order valence-electron chi connectivity index (χ0n) is 7.63. The van der Waals surface area contributed by atoms with Gasteiger partial charge in [-0.25, -0.2) is 0 Å². The number of hydrogen-bond donors (Lipinski definition) is 1. The number of rotatable bonds is 1. The largest absolute Gasteiger partial charge is 0.506 e. The molecule has 1 aromatic carbocycles. The maximum Gasteiger partial charge on any atom is 0.134 e. The molecule has 3 heteroatoms. The van der Waals surface area contributed by atoms with Crippen LogP contribution in [0.5, 0.6) is 5.75 Å². The third-order valence-electron chi connectivity index (χ3n) is 2.92. The highest BCUT2D eigenvalue weighted by atomic mass is 35.5. The van der Waals surface area contributed by atoms with Gasteiger partial charge in [0.2, 0.25) is 0 Å². The molecule has 2 rings (SSSR count). The topological polar surface area (TPSA) is 44.0 Å². The van der Waals surface area contributed by atoms with Crippen LogP contribution < -0.4 is 0 Å². The molecule has 1 saturated carbocycles. The lowest BCUT2D eigenvalue weighted by molar-refractivity contribution is 0.324. The molecule has 1 fully saturated rings. The number of aromatic hydroxyl groups is 1. The van der Waals surface area contributed by atoms with Crippen LogP contribution in [0.1, 0.15) is 24.8 Å². The van der Waals surface area contributed by atoms with Gasteiger partial charge in [0.25, 0.3) is 0 Å². The summed E-state index contributed by atoms with van der Waals surface area (Å²) in [6.45, 7) is 0. The summed E-state index contributed by atoms with van der Waals surface area (Å²) in [5.74, 6) is 0.0721. The number of halogens is 1. The van der Waals surface area contributed by atoms with Crippen LogP contribution in [-0.4, -0.2) is 5.11 Å². The number of nitriles is 1. The van der Waals surface area contributed by atoms with Crippen molar-refractivity contribution in [3.8, 4) is 11.8 Å². The monoisotopic (exact) mass is 207 g/mol. The zero-order valence-corrected chi connectivity index (χ0v) is 8.38. The van der Waals surface area contributed by atoms with E-state index in [4.69, 9.17) is 16.9 Å². The second-order valence-corrected chi connectivity index (χ2v) is 4.12. The van der Waals surface area contributed by atoms with Crippen molar-refractivity contribution in [3.05, 3.63) is 28.8 Å². The van der Waals surface area contributed by atoms with Crippen molar-refractivity contribution in [3.63, 3.8) is 0 Å². The van der Waals surface area contributed by atoms with Crippen LogP contribution in [0.25, 0.3) is 0 Å². The molecule has 0 heterocycles. The molecular formula is C11H10ClNO. The molecular weight excluding hydrogens is 198 g/mol. The van der Waals surface area contributed by atoms with Gasteiger partial charge >= 0.3 is 0 Å². The minimum absolute atomic E-state index is 0.0721. The average molecular weight is 208 g/mol. The van der Waals surface area contributed by atoms with Crippen LogP contribution in [0.3, 0.4) is 0 Å². The molecule has 0 spiro atoms. The van der Waals surface area contributed by atoms with Crippen molar-refractivity contribution >= 4 is 11.6 Å². The summed E-state index contributed by atoms with van der Waals surface area (Å²) >= 11 is 5.80. The molecule has 0 bridgehead atoms. The van der Waals surface area contributed by atoms with Crippen molar-refractivity contribution in [1.82, 2.24) is 0 Å². The highest BCUT2D eigenvalue weighted by Gasteiger charge is 2.39. The lowest BCUT2D eigenvalue weighted by Crippen LogP contribution is -2.32. The molecule has 1 aliphatic carbocycles. The molecule has 1 aliphatic rings. The lowest BCUT2D eigenvalue weighted by Gasteiger charge is -2.35. The zero-order chi connectivity index (χ0) is 10.2. The van der Waals surface area contributed by atoms with E-state index < -0.39 is 0 Å². The third kappa shape index (κ3) is 1.25. The number of phenols is 1. The molecule has 0 radical (unpaired) electrons. The van der Waals surface area contributed by atoms with E-state index in [1.165, 1.54) is 0 Å². The van der Waals surface area contributed by atoms with Gasteiger partial charge in [0.1, 0.15) is 5.75 Å². The first-order valence-electron chi connectivity index (χ1n) is 4.58. The fourth-order valence-corrected chi connectivity index (χ4v) is 1.98. The minimum atomic E-state index is -0.350. The molecule has 0 aromatic heterocycles. The second-order valence-electron chi connectivity index (χ2n) is 3.71. The standard InChI is InChI=1S/C11H10ClNO/c12-9-6-8(2-3-10(9)14)11(7-13)4-1-5-11/h2-3,6,14H,1,4-5H2. The molecule has 0 unspecified atom stereocenters. The fourth-order valence-electron chi connectivity index (χ4n) is 1.80. The van der Waals surface area contributed by atoms with Crippen LogP contribution in [-0.2, 0) is 5.41 Å². The Hall–Kier alpha value is -1.20. The van der Waals surface area contributed by atoms with Crippen LogP contribution in [0.2, 0.25) is 5.02 Å². The van der Waals surface area contributed by atoms with E-state index in [0.717, 1.165) is 24.8 Å².